The summed E-state index contributed by atoms with van der Waals surface area (Å²) in [5.74, 6) is 0.184. The number of thioether (sulfide) groups is 1. The molecule has 11 heteroatoms. The summed E-state index contributed by atoms with van der Waals surface area (Å²) in [7, 11) is 0. The molecule has 3 heterocycles. The molecule has 0 spiro atoms. The van der Waals surface area contributed by atoms with Crippen LogP contribution in [-0.2, 0) is 9.53 Å². The Labute approximate surface area is 255 Å². The quantitative estimate of drug-likeness (QED) is 0.197. The Morgan fingerprint density at radius 1 is 1.00 bits per heavy atom. The van der Waals surface area contributed by atoms with Crippen LogP contribution in [0, 0.1) is 0 Å². The van der Waals surface area contributed by atoms with Gasteiger partial charge in [0.15, 0.2) is 34.5 Å². The Morgan fingerprint density at radius 2 is 1.67 bits per heavy atom. The number of aliphatic hydroxyl groups excluding tert-OH is 2. The molecule has 2 fully saturated rings. The fourth-order valence-electron chi connectivity index (χ4n) is 5.97. The van der Waals surface area contributed by atoms with Gasteiger partial charge in [-0.15, -0.1) is 0 Å². The summed E-state index contributed by atoms with van der Waals surface area (Å²) in [4.78, 5) is 27.0. The van der Waals surface area contributed by atoms with Gasteiger partial charge in [0.25, 0.3) is 5.91 Å². The van der Waals surface area contributed by atoms with Crippen molar-refractivity contribution in [2.45, 2.75) is 79.9 Å². The van der Waals surface area contributed by atoms with Crippen LogP contribution < -0.4 is 10.6 Å². The second-order valence-corrected chi connectivity index (χ2v) is 12.4. The molecule has 4 aromatic rings. The summed E-state index contributed by atoms with van der Waals surface area (Å²) in [6, 6.07) is 20.7. The molecule has 4 atom stereocenters. The normalized spacial score (nSPS) is 22.7. The summed E-state index contributed by atoms with van der Waals surface area (Å²) in [5.41, 5.74) is 3.36. The maximum absolute atomic E-state index is 12.5. The first-order chi connectivity index (χ1) is 21.0. The highest BCUT2D eigenvalue weighted by molar-refractivity contribution is 7.99. The number of rotatable bonds is 10. The fraction of sp³-hybridized carbons (Fsp3) is 0.438. The Morgan fingerprint density at radius 3 is 2.33 bits per heavy atom. The van der Waals surface area contributed by atoms with Crippen LogP contribution in [0.5, 0.6) is 0 Å². The van der Waals surface area contributed by atoms with E-state index in [4.69, 9.17) is 14.7 Å². The average molecular weight is 603 g/mol. The topological polar surface area (TPSA) is 134 Å². The van der Waals surface area contributed by atoms with E-state index in [2.05, 4.69) is 39.9 Å². The van der Waals surface area contributed by atoms with Crippen molar-refractivity contribution < 1.29 is 19.7 Å². The van der Waals surface area contributed by atoms with Crippen LogP contribution in [0.25, 0.3) is 11.2 Å². The molecule has 2 aromatic heterocycles. The molecule has 0 unspecified atom stereocenters. The summed E-state index contributed by atoms with van der Waals surface area (Å²) < 4.78 is 7.52. The molecule has 226 valence electrons. The van der Waals surface area contributed by atoms with E-state index in [1.165, 1.54) is 36.7 Å². The van der Waals surface area contributed by atoms with Crippen molar-refractivity contribution in [2.24, 2.45) is 0 Å². The lowest BCUT2D eigenvalue weighted by Crippen LogP contribution is -2.42. The molecule has 10 nitrogen and oxygen atoms in total. The van der Waals surface area contributed by atoms with Gasteiger partial charge in [-0.25, -0.2) is 15.0 Å². The number of nitrogens with zero attached hydrogens (tertiary/aromatic N) is 4. The highest BCUT2D eigenvalue weighted by atomic mass is 32.2. The average Bonchev–Trinajstić information content (AvgIpc) is 3.59. The summed E-state index contributed by atoms with van der Waals surface area (Å²) in [6.45, 7) is 2.74. The molecule has 6 rings (SSSR count). The molecule has 0 bridgehead atoms. The zero-order valence-corrected chi connectivity index (χ0v) is 25.0. The number of carbonyl (C=O) groups is 1. The maximum Gasteiger partial charge on any atom is 0.252 e. The minimum Gasteiger partial charge on any atom is -0.387 e. The molecular formula is C32H38N6O4S. The van der Waals surface area contributed by atoms with Crippen molar-refractivity contribution in [1.82, 2.24) is 24.8 Å². The lowest BCUT2D eigenvalue weighted by molar-refractivity contribution is -0.137. The molecule has 2 aromatic carbocycles. The number of carbonyl (C=O) groups excluding carboxylic acids is 1. The van der Waals surface area contributed by atoms with E-state index in [0.29, 0.717) is 40.5 Å². The number of amides is 1. The molecule has 1 aliphatic heterocycles. The number of aliphatic hydroxyl groups is 2. The summed E-state index contributed by atoms with van der Waals surface area (Å²) >= 11 is 1.67. The van der Waals surface area contributed by atoms with Gasteiger partial charge in [-0.05, 0) is 30.9 Å². The number of imidazole rings is 1. The smallest absolute Gasteiger partial charge is 0.252 e. The van der Waals surface area contributed by atoms with E-state index < -0.39 is 30.4 Å². The molecule has 0 radical (unpaired) electrons. The molecule has 4 N–H and O–H groups in total. The molecular weight excluding hydrogens is 564 g/mol. The predicted molar refractivity (Wildman–Crippen MR) is 166 cm³/mol. The highest BCUT2D eigenvalue weighted by Crippen LogP contribution is 2.37. The van der Waals surface area contributed by atoms with Crippen LogP contribution in [0.1, 0.15) is 62.3 Å². The van der Waals surface area contributed by atoms with Crippen LogP contribution in [0.2, 0.25) is 0 Å². The number of fused-ring (bicyclic) bond motifs is 1. The first-order valence-corrected chi connectivity index (χ1v) is 16.0. The number of hydrogen-bond acceptors (Lipinski definition) is 9. The molecule has 2 aliphatic rings. The molecule has 1 amide bonds. The van der Waals surface area contributed by atoms with E-state index in [0.717, 1.165) is 12.8 Å². The van der Waals surface area contributed by atoms with Crippen LogP contribution >= 0.6 is 11.8 Å². The number of ether oxygens (including phenoxy) is 1. The largest absolute Gasteiger partial charge is 0.387 e. The second-order valence-electron chi connectivity index (χ2n) is 11.1. The van der Waals surface area contributed by atoms with Crippen LogP contribution in [0.3, 0.4) is 0 Å². The minimum absolute atomic E-state index is 0.0666. The van der Waals surface area contributed by atoms with Crippen molar-refractivity contribution in [3.05, 3.63) is 78.1 Å². The van der Waals surface area contributed by atoms with E-state index in [1.54, 1.807) is 23.3 Å². The minimum atomic E-state index is -1.39. The van der Waals surface area contributed by atoms with Gasteiger partial charge in [0.2, 0.25) is 0 Å². The molecule has 43 heavy (non-hydrogen) atoms. The van der Waals surface area contributed by atoms with Crippen molar-refractivity contribution in [3.8, 4) is 0 Å². The van der Waals surface area contributed by atoms with Gasteiger partial charge in [0.05, 0.1) is 6.33 Å². The van der Waals surface area contributed by atoms with Gasteiger partial charge in [-0.1, -0.05) is 91.7 Å². The zero-order valence-electron chi connectivity index (χ0n) is 24.2. The van der Waals surface area contributed by atoms with Gasteiger partial charge in [-0.3, -0.25) is 9.36 Å². The van der Waals surface area contributed by atoms with Crippen LogP contribution in [0.15, 0.2) is 72.1 Å². The maximum atomic E-state index is 12.5. The second kappa shape index (κ2) is 13.4. The number of likely N-dealkylation sites (N-methyl/N-ethyl adjacent to an activating group) is 1. The van der Waals surface area contributed by atoms with E-state index in [1.807, 2.05) is 36.4 Å². The van der Waals surface area contributed by atoms with Crippen LogP contribution in [-0.4, -0.2) is 72.3 Å². The lowest BCUT2D eigenvalue weighted by Gasteiger charge is -2.22. The third-order valence-corrected chi connectivity index (χ3v) is 9.42. The fourth-order valence-corrected chi connectivity index (χ4v) is 7.12. The Hall–Kier alpha value is -3.51. The number of benzene rings is 2. The van der Waals surface area contributed by atoms with Gasteiger partial charge >= 0.3 is 0 Å². The monoisotopic (exact) mass is 602 g/mol. The predicted octanol–water partition coefficient (Wildman–Crippen LogP) is 4.25. The Balaban J connectivity index is 1.35. The summed E-state index contributed by atoms with van der Waals surface area (Å²) in [5, 5.41) is 28.9. The number of aromatic nitrogens is 4. The van der Waals surface area contributed by atoms with Gasteiger partial charge < -0.3 is 25.6 Å². The van der Waals surface area contributed by atoms with Gasteiger partial charge in [-0.2, -0.15) is 0 Å². The van der Waals surface area contributed by atoms with Crippen molar-refractivity contribution >= 4 is 34.7 Å². The molecule has 1 aliphatic carbocycles. The van der Waals surface area contributed by atoms with Crippen molar-refractivity contribution in [3.63, 3.8) is 0 Å². The number of nitrogens with one attached hydrogen (secondary N) is 2. The third-order valence-electron chi connectivity index (χ3n) is 8.22. The van der Waals surface area contributed by atoms with Crippen LogP contribution in [0.4, 0.5) is 5.82 Å². The lowest BCUT2D eigenvalue weighted by atomic mass is 9.91. The Kier molecular flexibility index (Phi) is 9.22. The third kappa shape index (κ3) is 6.40. The standard InChI is InChI=1S/C32H38N6O4S/c1-2-33-30(41)27-25(39)26(40)31(42-27)38-19-35-24-28(36-32(37-29(24)38)43-22-16-10-5-11-17-22)34-18-23(20-12-6-3-7-13-20)21-14-8-4-9-15-21/h3-4,6-9,12-15,19,22-23,25-27,31,39-40H,2,5,10-11,16-18H2,1H3,(H,33,41)(H,34,36,37)/t25-,26+,27-,31+/m0/s1. The Bertz CT molecular complexity index is 1480. The first-order valence-electron chi connectivity index (χ1n) is 15.1. The van der Waals surface area contributed by atoms with Gasteiger partial charge in [0, 0.05) is 24.3 Å². The zero-order chi connectivity index (χ0) is 29.8. The van der Waals surface area contributed by atoms with Gasteiger partial charge in [0.1, 0.15) is 12.2 Å². The number of hydrogen-bond donors (Lipinski definition) is 4. The number of anilines is 1. The van der Waals surface area contributed by atoms with Crippen molar-refractivity contribution in [1.29, 1.82) is 0 Å². The SMILES string of the molecule is CCNC(=O)[C@H]1O[C@@H](n2cnc3c(NCC(c4ccccc4)c4ccccc4)nc(SC4CCCCC4)nc32)[C@H](O)[C@@H]1O. The summed E-state index contributed by atoms with van der Waals surface area (Å²) in [6.07, 6.45) is 2.43. The first kappa shape index (κ1) is 29.6. The molecule has 1 saturated carbocycles. The van der Waals surface area contributed by atoms with E-state index in [-0.39, 0.29) is 5.92 Å². The molecule has 1 saturated heterocycles. The van der Waals surface area contributed by atoms with Crippen molar-refractivity contribution in [2.75, 3.05) is 18.4 Å². The van der Waals surface area contributed by atoms with E-state index in [9.17, 15) is 15.0 Å². The highest BCUT2D eigenvalue weighted by Gasteiger charge is 2.47. The van der Waals surface area contributed by atoms with E-state index >= 15 is 0 Å².